The lowest BCUT2D eigenvalue weighted by Crippen LogP contribution is -2.40. The molecule has 1 saturated carbocycles. The second-order valence-electron chi connectivity index (χ2n) is 7.67. The summed E-state index contributed by atoms with van der Waals surface area (Å²) in [4.78, 5) is 16.2. The van der Waals surface area contributed by atoms with Crippen LogP contribution in [-0.4, -0.2) is 37.9 Å². The number of rotatable bonds is 4. The Balaban J connectivity index is 1.78. The van der Waals surface area contributed by atoms with Crippen LogP contribution in [0.4, 0.5) is 0 Å². The lowest BCUT2D eigenvalue weighted by atomic mass is 9.83. The number of aliphatic hydroxyl groups is 1. The maximum atomic E-state index is 11.3. The Morgan fingerprint density at radius 2 is 1.86 bits per heavy atom. The van der Waals surface area contributed by atoms with Crippen LogP contribution in [0.25, 0.3) is 17.1 Å². The van der Waals surface area contributed by atoms with E-state index in [1.807, 2.05) is 35.9 Å². The van der Waals surface area contributed by atoms with Gasteiger partial charge in [0, 0.05) is 23.1 Å². The van der Waals surface area contributed by atoms with Gasteiger partial charge in [-0.2, -0.15) is 0 Å². The van der Waals surface area contributed by atoms with Crippen molar-refractivity contribution < 1.29 is 9.90 Å². The van der Waals surface area contributed by atoms with Gasteiger partial charge in [0.05, 0.1) is 11.8 Å². The summed E-state index contributed by atoms with van der Waals surface area (Å²) >= 11 is 0. The van der Waals surface area contributed by atoms with Gasteiger partial charge in [-0.05, 0) is 49.9 Å². The molecule has 150 valence electrons. The number of aryl methyl sites for hydroxylation is 1. The van der Waals surface area contributed by atoms with E-state index in [0.29, 0.717) is 24.2 Å². The maximum Gasteiger partial charge on any atom is 0.248 e. The summed E-state index contributed by atoms with van der Waals surface area (Å²) in [5.74, 6) is 1.07. The molecule has 7 nitrogen and oxygen atoms in total. The lowest BCUT2D eigenvalue weighted by Gasteiger charge is -2.30. The number of primary amides is 1. The summed E-state index contributed by atoms with van der Waals surface area (Å²) in [6.07, 6.45) is 1.64. The summed E-state index contributed by atoms with van der Waals surface area (Å²) in [5, 5.41) is 14.8. The Hall–Kier alpha value is -3.03. The number of nitrogens with two attached hydrogens (primary N) is 2. The number of hydrogen-bond donors (Lipinski definition) is 3. The number of aromatic nitrogens is 3. The Labute approximate surface area is 169 Å². The summed E-state index contributed by atoms with van der Waals surface area (Å²) in [5.41, 5.74) is 14.8. The molecular weight excluding hydrogens is 366 g/mol. The number of para-hydroxylation sites is 1. The highest BCUT2D eigenvalue weighted by Crippen LogP contribution is 2.34. The molecule has 1 amide bonds. The number of aliphatic hydroxyl groups excluding tert-OH is 1. The predicted molar refractivity (Wildman–Crippen MR) is 111 cm³/mol. The second-order valence-corrected chi connectivity index (χ2v) is 7.67. The van der Waals surface area contributed by atoms with Crippen LogP contribution in [0.2, 0.25) is 0 Å². The summed E-state index contributed by atoms with van der Waals surface area (Å²) in [7, 11) is 0. The number of carbonyl (C=O) groups is 1. The average molecular weight is 391 g/mol. The van der Waals surface area contributed by atoms with E-state index in [-0.39, 0.29) is 12.0 Å². The molecule has 0 radical (unpaired) electrons. The molecule has 0 saturated heterocycles. The fourth-order valence-corrected chi connectivity index (χ4v) is 3.90. The van der Waals surface area contributed by atoms with Gasteiger partial charge in [0.25, 0.3) is 0 Å². The van der Waals surface area contributed by atoms with E-state index < -0.39 is 12.0 Å². The van der Waals surface area contributed by atoms with E-state index in [1.54, 1.807) is 24.3 Å². The fraction of sp³-hybridized carbons (Fsp3) is 0.318. The fourth-order valence-electron chi connectivity index (χ4n) is 3.90. The number of carbonyl (C=O) groups excluding carboxylic acids is 1. The molecule has 0 bridgehead atoms. The third-order valence-electron chi connectivity index (χ3n) is 5.63. The van der Waals surface area contributed by atoms with Gasteiger partial charge in [0.2, 0.25) is 5.91 Å². The number of hydrogen-bond acceptors (Lipinski definition) is 5. The first-order valence-corrected chi connectivity index (χ1v) is 9.81. The van der Waals surface area contributed by atoms with Gasteiger partial charge in [0.1, 0.15) is 5.82 Å². The minimum atomic E-state index is -0.470. The Morgan fingerprint density at radius 1 is 1.14 bits per heavy atom. The predicted octanol–water partition coefficient (Wildman–Crippen LogP) is 2.30. The molecule has 0 unspecified atom stereocenters. The largest absolute Gasteiger partial charge is 0.392 e. The monoisotopic (exact) mass is 391 g/mol. The molecule has 0 aliphatic heterocycles. The van der Waals surface area contributed by atoms with E-state index in [2.05, 4.69) is 0 Å². The number of amides is 1. The van der Waals surface area contributed by atoms with Crippen molar-refractivity contribution in [3.05, 3.63) is 65.5 Å². The van der Waals surface area contributed by atoms with Crippen LogP contribution in [0.3, 0.4) is 0 Å². The average Bonchev–Trinajstić information content (AvgIpc) is 3.15. The molecule has 3 atom stereocenters. The van der Waals surface area contributed by atoms with Gasteiger partial charge in [-0.3, -0.25) is 4.79 Å². The molecule has 4 rings (SSSR count). The molecule has 1 aromatic heterocycles. The molecule has 29 heavy (non-hydrogen) atoms. The molecular formula is C22H25N5O2. The minimum Gasteiger partial charge on any atom is -0.392 e. The van der Waals surface area contributed by atoms with Crippen LogP contribution in [0.15, 0.2) is 48.5 Å². The maximum absolute atomic E-state index is 11.3. The third-order valence-corrected chi connectivity index (χ3v) is 5.63. The topological polar surface area (TPSA) is 120 Å². The van der Waals surface area contributed by atoms with Crippen molar-refractivity contribution >= 4 is 5.91 Å². The number of benzene rings is 2. The van der Waals surface area contributed by atoms with Crippen molar-refractivity contribution in [2.24, 2.45) is 11.5 Å². The zero-order valence-electron chi connectivity index (χ0n) is 16.3. The van der Waals surface area contributed by atoms with Crippen LogP contribution in [0, 0.1) is 6.92 Å². The Kier molecular flexibility index (Phi) is 5.17. The van der Waals surface area contributed by atoms with Crippen molar-refractivity contribution in [3.63, 3.8) is 0 Å². The molecule has 1 fully saturated rings. The van der Waals surface area contributed by atoms with Gasteiger partial charge < -0.3 is 16.6 Å². The summed E-state index contributed by atoms with van der Waals surface area (Å²) < 4.78 is 1.89. The van der Waals surface area contributed by atoms with Crippen molar-refractivity contribution in [1.82, 2.24) is 14.8 Å². The van der Waals surface area contributed by atoms with Crippen molar-refractivity contribution in [3.8, 4) is 17.1 Å². The van der Waals surface area contributed by atoms with Crippen molar-refractivity contribution in [1.29, 1.82) is 0 Å². The molecule has 1 aliphatic rings. The SMILES string of the molecule is Cc1ccccc1-n1nc(-c2ccc(C(N)=O)cc2)nc1[C@H]1CC[C@@H](O)[C@H](N)C1. The zero-order chi connectivity index (χ0) is 20.5. The minimum absolute atomic E-state index is 0.110. The molecule has 3 aromatic rings. The van der Waals surface area contributed by atoms with E-state index in [0.717, 1.165) is 29.1 Å². The van der Waals surface area contributed by atoms with E-state index >= 15 is 0 Å². The van der Waals surface area contributed by atoms with Gasteiger partial charge in [-0.15, -0.1) is 5.10 Å². The first-order valence-electron chi connectivity index (χ1n) is 9.81. The third kappa shape index (κ3) is 3.79. The lowest BCUT2D eigenvalue weighted by molar-refractivity contribution is 0.0988. The number of nitrogens with zero attached hydrogens (tertiary/aromatic N) is 3. The molecule has 5 N–H and O–H groups in total. The molecule has 0 spiro atoms. The van der Waals surface area contributed by atoms with Gasteiger partial charge >= 0.3 is 0 Å². The first kappa shape index (κ1) is 19.3. The zero-order valence-corrected chi connectivity index (χ0v) is 16.3. The van der Waals surface area contributed by atoms with Crippen LogP contribution >= 0.6 is 0 Å². The van der Waals surface area contributed by atoms with Crippen molar-refractivity contribution in [2.45, 2.75) is 44.2 Å². The molecule has 2 aromatic carbocycles. The molecule has 1 heterocycles. The van der Waals surface area contributed by atoms with Crippen LogP contribution in [-0.2, 0) is 0 Å². The highest BCUT2D eigenvalue weighted by atomic mass is 16.3. The Bertz CT molecular complexity index is 1030. The quantitative estimate of drug-likeness (QED) is 0.630. The smallest absolute Gasteiger partial charge is 0.248 e. The van der Waals surface area contributed by atoms with E-state index in [1.165, 1.54) is 0 Å². The highest BCUT2D eigenvalue weighted by Gasteiger charge is 2.31. The van der Waals surface area contributed by atoms with E-state index in [9.17, 15) is 9.90 Å². The van der Waals surface area contributed by atoms with Gasteiger partial charge in [-0.25, -0.2) is 9.67 Å². The van der Waals surface area contributed by atoms with Gasteiger partial charge in [0.15, 0.2) is 5.82 Å². The Morgan fingerprint density at radius 3 is 2.52 bits per heavy atom. The normalized spacial score (nSPS) is 21.8. The summed E-state index contributed by atoms with van der Waals surface area (Å²) in [6.45, 7) is 2.04. The van der Waals surface area contributed by atoms with Crippen LogP contribution < -0.4 is 11.5 Å². The van der Waals surface area contributed by atoms with Crippen LogP contribution in [0.1, 0.15) is 46.9 Å². The van der Waals surface area contributed by atoms with Gasteiger partial charge in [-0.1, -0.05) is 30.3 Å². The standard InChI is InChI=1S/C22H25N5O2/c1-13-4-2-3-5-18(13)27-22(16-10-11-19(28)17(23)12-16)25-21(26-27)15-8-6-14(7-9-15)20(24)29/h2-9,16-17,19,28H,10-12,23H2,1H3,(H2,24,29)/t16-,17+,19+/m0/s1. The molecule has 7 heteroatoms. The second kappa shape index (κ2) is 7.77. The van der Waals surface area contributed by atoms with E-state index in [4.69, 9.17) is 21.5 Å². The van der Waals surface area contributed by atoms with Crippen LogP contribution in [0.5, 0.6) is 0 Å². The summed E-state index contributed by atoms with van der Waals surface area (Å²) in [6, 6.07) is 14.7. The van der Waals surface area contributed by atoms with Crippen molar-refractivity contribution in [2.75, 3.05) is 0 Å². The first-order chi connectivity index (χ1) is 13.9. The molecule has 1 aliphatic carbocycles. The highest BCUT2D eigenvalue weighted by molar-refractivity contribution is 5.93.